The maximum Gasteiger partial charge on any atom is 0.338 e. The van der Waals surface area contributed by atoms with Crippen molar-refractivity contribution in [1.82, 2.24) is 9.97 Å². The Labute approximate surface area is 140 Å². The molecule has 0 radical (unpaired) electrons. The van der Waals surface area contributed by atoms with Gasteiger partial charge in [-0.05, 0) is 38.0 Å². The average molecular weight is 327 g/mol. The normalized spacial score (nSPS) is 13.8. The van der Waals surface area contributed by atoms with E-state index >= 15 is 0 Å². The molecule has 0 amide bonds. The molecule has 0 unspecified atom stereocenters. The molecular formula is C17H21N5O2. The van der Waals surface area contributed by atoms with Gasteiger partial charge in [0.25, 0.3) is 0 Å². The minimum atomic E-state index is -0.352. The lowest BCUT2D eigenvalue weighted by Crippen LogP contribution is -2.21. The summed E-state index contributed by atoms with van der Waals surface area (Å²) in [7, 11) is 0. The van der Waals surface area contributed by atoms with Crippen LogP contribution in [0.3, 0.4) is 0 Å². The SMILES string of the molecule is CCOC(=O)c1cccc(Nc2ncnc(N3CCCC3)c2N)c1. The third-order valence-corrected chi connectivity index (χ3v) is 3.90. The number of esters is 1. The van der Waals surface area contributed by atoms with Crippen molar-refractivity contribution < 1.29 is 9.53 Å². The molecule has 3 N–H and O–H groups in total. The molecule has 126 valence electrons. The van der Waals surface area contributed by atoms with Gasteiger partial charge in [-0.3, -0.25) is 0 Å². The predicted molar refractivity (Wildman–Crippen MR) is 93.6 cm³/mol. The summed E-state index contributed by atoms with van der Waals surface area (Å²) in [5, 5.41) is 3.16. The largest absolute Gasteiger partial charge is 0.462 e. The van der Waals surface area contributed by atoms with Crippen LogP contribution in [0.5, 0.6) is 0 Å². The number of aromatic nitrogens is 2. The van der Waals surface area contributed by atoms with Crippen LogP contribution in [0.15, 0.2) is 30.6 Å². The van der Waals surface area contributed by atoms with E-state index in [9.17, 15) is 4.79 Å². The van der Waals surface area contributed by atoms with Crippen molar-refractivity contribution in [1.29, 1.82) is 0 Å². The molecule has 7 heteroatoms. The molecule has 1 aliphatic heterocycles. The zero-order valence-electron chi connectivity index (χ0n) is 13.7. The van der Waals surface area contributed by atoms with E-state index < -0.39 is 0 Å². The van der Waals surface area contributed by atoms with Crippen LogP contribution in [0.25, 0.3) is 0 Å². The number of nitrogens with zero attached hydrogens (tertiary/aromatic N) is 3. The van der Waals surface area contributed by atoms with Crippen LogP contribution in [-0.2, 0) is 4.74 Å². The molecule has 7 nitrogen and oxygen atoms in total. The van der Waals surface area contributed by atoms with Gasteiger partial charge in [0.1, 0.15) is 12.0 Å². The summed E-state index contributed by atoms with van der Waals surface area (Å²) in [6, 6.07) is 7.06. The first-order chi connectivity index (χ1) is 11.7. The highest BCUT2D eigenvalue weighted by molar-refractivity contribution is 5.91. The molecule has 0 atom stereocenters. The van der Waals surface area contributed by atoms with E-state index in [-0.39, 0.29) is 5.97 Å². The summed E-state index contributed by atoms with van der Waals surface area (Å²) < 4.78 is 5.02. The van der Waals surface area contributed by atoms with Gasteiger partial charge in [-0.15, -0.1) is 0 Å². The van der Waals surface area contributed by atoms with Crippen LogP contribution in [-0.4, -0.2) is 35.6 Å². The first-order valence-electron chi connectivity index (χ1n) is 8.08. The molecule has 0 spiro atoms. The maximum atomic E-state index is 11.8. The van der Waals surface area contributed by atoms with Gasteiger partial charge in [0.05, 0.1) is 12.2 Å². The third-order valence-electron chi connectivity index (χ3n) is 3.90. The third kappa shape index (κ3) is 3.40. The van der Waals surface area contributed by atoms with Gasteiger partial charge in [0.2, 0.25) is 0 Å². The number of carbonyl (C=O) groups excluding carboxylic acids is 1. The lowest BCUT2D eigenvalue weighted by Gasteiger charge is -2.19. The van der Waals surface area contributed by atoms with E-state index in [1.807, 2.05) is 6.07 Å². The molecule has 1 fully saturated rings. The number of rotatable bonds is 5. The van der Waals surface area contributed by atoms with E-state index in [0.717, 1.165) is 37.4 Å². The summed E-state index contributed by atoms with van der Waals surface area (Å²) in [4.78, 5) is 22.5. The fourth-order valence-corrected chi connectivity index (χ4v) is 2.74. The zero-order chi connectivity index (χ0) is 16.9. The second-order valence-electron chi connectivity index (χ2n) is 5.58. The Hall–Kier alpha value is -2.83. The van der Waals surface area contributed by atoms with E-state index in [4.69, 9.17) is 10.5 Å². The Kier molecular flexibility index (Phi) is 4.79. The van der Waals surface area contributed by atoms with Crippen LogP contribution in [0.4, 0.5) is 23.0 Å². The second-order valence-corrected chi connectivity index (χ2v) is 5.58. The van der Waals surface area contributed by atoms with Crippen LogP contribution in [0, 0.1) is 0 Å². The van der Waals surface area contributed by atoms with E-state index in [2.05, 4.69) is 20.2 Å². The highest BCUT2D eigenvalue weighted by Gasteiger charge is 2.18. The van der Waals surface area contributed by atoms with E-state index in [0.29, 0.717) is 23.7 Å². The topological polar surface area (TPSA) is 93.4 Å². The number of nitrogen functional groups attached to an aromatic ring is 1. The fraction of sp³-hybridized carbons (Fsp3) is 0.353. The van der Waals surface area contributed by atoms with E-state index in [1.54, 1.807) is 25.1 Å². The Morgan fingerprint density at radius 1 is 1.33 bits per heavy atom. The van der Waals surface area contributed by atoms with Crippen molar-refractivity contribution in [3.63, 3.8) is 0 Å². The fourth-order valence-electron chi connectivity index (χ4n) is 2.74. The second kappa shape index (κ2) is 7.16. The average Bonchev–Trinajstić information content (AvgIpc) is 3.11. The smallest absolute Gasteiger partial charge is 0.338 e. The lowest BCUT2D eigenvalue weighted by atomic mass is 10.2. The molecule has 1 aliphatic rings. The monoisotopic (exact) mass is 327 g/mol. The quantitative estimate of drug-likeness (QED) is 0.815. The number of nitrogens with two attached hydrogens (primary N) is 1. The lowest BCUT2D eigenvalue weighted by molar-refractivity contribution is 0.0526. The number of hydrogen-bond acceptors (Lipinski definition) is 7. The van der Waals surface area contributed by atoms with Crippen LogP contribution in [0.1, 0.15) is 30.1 Å². The van der Waals surface area contributed by atoms with Crippen molar-refractivity contribution in [2.45, 2.75) is 19.8 Å². The van der Waals surface area contributed by atoms with Gasteiger partial charge >= 0.3 is 5.97 Å². The highest BCUT2D eigenvalue weighted by Crippen LogP contribution is 2.30. The summed E-state index contributed by atoms with van der Waals surface area (Å²) in [6.07, 6.45) is 3.79. The Balaban J connectivity index is 1.82. The molecule has 0 aliphatic carbocycles. The molecule has 1 aromatic carbocycles. The molecule has 3 rings (SSSR count). The number of ether oxygens (including phenoxy) is 1. The van der Waals surface area contributed by atoms with Crippen molar-refractivity contribution >= 4 is 29.0 Å². The molecule has 0 saturated carbocycles. The number of nitrogens with one attached hydrogen (secondary N) is 1. The summed E-state index contributed by atoms with van der Waals surface area (Å²) >= 11 is 0. The zero-order valence-corrected chi connectivity index (χ0v) is 13.7. The molecular weight excluding hydrogens is 306 g/mol. The maximum absolute atomic E-state index is 11.8. The molecule has 2 heterocycles. The van der Waals surface area contributed by atoms with Crippen LogP contribution in [0.2, 0.25) is 0 Å². The Morgan fingerprint density at radius 3 is 2.88 bits per heavy atom. The van der Waals surface area contributed by atoms with Crippen LogP contribution >= 0.6 is 0 Å². The minimum Gasteiger partial charge on any atom is -0.462 e. The molecule has 1 aromatic heterocycles. The number of carbonyl (C=O) groups is 1. The van der Waals surface area contributed by atoms with Gasteiger partial charge in [-0.1, -0.05) is 6.07 Å². The van der Waals surface area contributed by atoms with Crippen LogP contribution < -0.4 is 16.0 Å². The molecule has 1 saturated heterocycles. The van der Waals surface area contributed by atoms with Crippen molar-refractivity contribution in [2.24, 2.45) is 0 Å². The summed E-state index contributed by atoms with van der Waals surface area (Å²) in [6.45, 7) is 4.04. The highest BCUT2D eigenvalue weighted by atomic mass is 16.5. The predicted octanol–water partition coefficient (Wildman–Crippen LogP) is 2.58. The molecule has 0 bridgehead atoms. The molecule has 2 aromatic rings. The van der Waals surface area contributed by atoms with Gasteiger partial charge in [0, 0.05) is 18.8 Å². The Bertz CT molecular complexity index is 729. The van der Waals surface area contributed by atoms with Gasteiger partial charge in [-0.2, -0.15) is 0 Å². The number of hydrogen-bond donors (Lipinski definition) is 2. The van der Waals surface area contributed by atoms with Gasteiger partial charge < -0.3 is 20.7 Å². The first-order valence-corrected chi connectivity index (χ1v) is 8.08. The van der Waals surface area contributed by atoms with Gasteiger partial charge in [0.15, 0.2) is 11.6 Å². The minimum absolute atomic E-state index is 0.342. The van der Waals surface area contributed by atoms with Gasteiger partial charge in [-0.25, -0.2) is 14.8 Å². The Morgan fingerprint density at radius 2 is 2.12 bits per heavy atom. The standard InChI is InChI=1S/C17H21N5O2/c1-2-24-17(23)12-6-5-7-13(10-12)21-15-14(18)16(20-11-19-15)22-8-3-4-9-22/h5-7,10-11H,2-4,8-9,18H2,1H3,(H,19,20,21). The van der Waals surface area contributed by atoms with E-state index in [1.165, 1.54) is 6.33 Å². The van der Waals surface area contributed by atoms with Crippen molar-refractivity contribution in [2.75, 3.05) is 35.6 Å². The summed E-state index contributed by atoms with van der Waals surface area (Å²) in [5.74, 6) is 0.939. The van der Waals surface area contributed by atoms with Crippen molar-refractivity contribution in [3.05, 3.63) is 36.2 Å². The molecule has 24 heavy (non-hydrogen) atoms. The first kappa shape index (κ1) is 16.0. The summed E-state index contributed by atoms with van der Waals surface area (Å²) in [5.41, 5.74) is 7.95. The number of anilines is 4. The number of benzene rings is 1. The van der Waals surface area contributed by atoms with Crippen molar-refractivity contribution in [3.8, 4) is 0 Å².